The predicted molar refractivity (Wildman–Crippen MR) is 49.9 cm³/mol. The van der Waals surface area contributed by atoms with E-state index in [0.29, 0.717) is 0 Å². The molecule has 0 fully saturated rings. The number of hydrogen-bond donors (Lipinski definition) is 0. The van der Waals surface area contributed by atoms with E-state index in [1.165, 1.54) is 0 Å². The Bertz CT molecular complexity index is 377. The third-order valence-electron chi connectivity index (χ3n) is 1.97. The number of hydrogen-bond acceptors (Lipinski definition) is 4. The maximum atomic E-state index is 5.08. The second-order valence-corrected chi connectivity index (χ2v) is 3.37. The molecule has 0 N–H and O–H groups in total. The second kappa shape index (κ2) is 3.65. The second-order valence-electron chi connectivity index (χ2n) is 3.37. The number of aryl methyl sites for hydroxylation is 4. The predicted octanol–water partition coefficient (Wildman–Crippen LogP) is 2.06. The Morgan fingerprint density at radius 3 is 1.64 bits per heavy atom. The van der Waals surface area contributed by atoms with Crippen molar-refractivity contribution in [3.8, 4) is 0 Å². The van der Waals surface area contributed by atoms with Crippen molar-refractivity contribution in [2.24, 2.45) is 0 Å². The van der Waals surface area contributed by atoms with Crippen molar-refractivity contribution in [3.05, 3.63) is 35.0 Å². The average molecular weight is 192 g/mol. The van der Waals surface area contributed by atoms with E-state index in [4.69, 9.17) is 9.05 Å². The molecule has 14 heavy (non-hydrogen) atoms. The minimum Gasteiger partial charge on any atom is -0.361 e. The van der Waals surface area contributed by atoms with Crippen LogP contribution in [0.1, 0.15) is 22.9 Å². The summed E-state index contributed by atoms with van der Waals surface area (Å²) in [6.07, 6.45) is 1.60. The van der Waals surface area contributed by atoms with Crippen LogP contribution in [0.3, 0.4) is 0 Å². The first-order valence-electron chi connectivity index (χ1n) is 4.58. The van der Waals surface area contributed by atoms with E-state index in [0.717, 1.165) is 35.7 Å². The molecule has 0 radical (unpaired) electrons. The summed E-state index contributed by atoms with van der Waals surface area (Å²) in [7, 11) is 0. The Hall–Kier alpha value is -1.58. The van der Waals surface area contributed by atoms with Crippen molar-refractivity contribution in [1.82, 2.24) is 10.3 Å². The van der Waals surface area contributed by atoms with Gasteiger partial charge in [0, 0.05) is 25.0 Å². The molecule has 0 unspecified atom stereocenters. The van der Waals surface area contributed by atoms with Gasteiger partial charge in [0.05, 0.1) is 11.4 Å². The highest BCUT2D eigenvalue weighted by Gasteiger charge is 2.04. The lowest BCUT2D eigenvalue weighted by molar-refractivity contribution is 0.357. The van der Waals surface area contributed by atoms with E-state index in [1.807, 2.05) is 26.0 Å². The van der Waals surface area contributed by atoms with Crippen LogP contribution in [0, 0.1) is 13.8 Å². The molecule has 0 spiro atoms. The largest absolute Gasteiger partial charge is 0.361 e. The first-order valence-corrected chi connectivity index (χ1v) is 4.58. The fourth-order valence-corrected chi connectivity index (χ4v) is 1.31. The maximum Gasteiger partial charge on any atom is 0.137 e. The van der Waals surface area contributed by atoms with Gasteiger partial charge in [-0.3, -0.25) is 0 Å². The first-order chi connectivity index (χ1) is 6.74. The van der Waals surface area contributed by atoms with Crippen LogP contribution in [0.5, 0.6) is 0 Å². The third kappa shape index (κ3) is 2.02. The van der Waals surface area contributed by atoms with E-state index < -0.39 is 0 Å². The minimum atomic E-state index is 0.801. The van der Waals surface area contributed by atoms with Gasteiger partial charge in [-0.1, -0.05) is 10.3 Å². The summed E-state index contributed by atoms with van der Waals surface area (Å²) in [6.45, 7) is 3.82. The fourth-order valence-electron chi connectivity index (χ4n) is 1.31. The molecule has 0 aliphatic rings. The van der Waals surface area contributed by atoms with Gasteiger partial charge >= 0.3 is 0 Å². The molecule has 0 aliphatic carbocycles. The number of aromatic nitrogens is 2. The molecule has 4 heteroatoms. The Morgan fingerprint density at radius 1 is 0.929 bits per heavy atom. The van der Waals surface area contributed by atoms with E-state index in [9.17, 15) is 0 Å². The highest BCUT2D eigenvalue weighted by molar-refractivity contribution is 5.08. The zero-order valence-corrected chi connectivity index (χ0v) is 8.28. The molecule has 4 nitrogen and oxygen atoms in total. The summed E-state index contributed by atoms with van der Waals surface area (Å²) in [5, 5.41) is 7.63. The van der Waals surface area contributed by atoms with Gasteiger partial charge < -0.3 is 9.05 Å². The zero-order valence-electron chi connectivity index (χ0n) is 8.28. The van der Waals surface area contributed by atoms with Gasteiger partial charge in [0.15, 0.2) is 0 Å². The molecule has 2 aromatic rings. The molecule has 2 aromatic heterocycles. The van der Waals surface area contributed by atoms with Gasteiger partial charge in [-0.05, 0) is 13.8 Å². The van der Waals surface area contributed by atoms with Crippen LogP contribution >= 0.6 is 0 Å². The van der Waals surface area contributed by atoms with Gasteiger partial charge in [-0.2, -0.15) is 0 Å². The summed E-state index contributed by atoms with van der Waals surface area (Å²) < 4.78 is 10.2. The monoisotopic (exact) mass is 192 g/mol. The van der Waals surface area contributed by atoms with Crippen LogP contribution in [0.25, 0.3) is 0 Å². The lowest BCUT2D eigenvalue weighted by Gasteiger charge is -1.90. The van der Waals surface area contributed by atoms with Crippen molar-refractivity contribution in [2.75, 3.05) is 0 Å². The van der Waals surface area contributed by atoms with Gasteiger partial charge in [0.1, 0.15) is 11.5 Å². The molecule has 0 saturated heterocycles. The number of nitrogens with zero attached hydrogens (tertiary/aromatic N) is 2. The standard InChI is InChI=1S/C10H12N2O2/c1-7-5-9(13-11-7)3-4-10-6-8(2)12-14-10/h5-6H,3-4H2,1-2H3. The fraction of sp³-hybridized carbons (Fsp3) is 0.400. The molecule has 0 aliphatic heterocycles. The molecule has 0 amide bonds. The maximum absolute atomic E-state index is 5.08. The van der Waals surface area contributed by atoms with Crippen molar-refractivity contribution in [2.45, 2.75) is 26.7 Å². The average Bonchev–Trinajstić information content (AvgIpc) is 2.72. The Labute approximate surface area is 81.9 Å². The van der Waals surface area contributed by atoms with Crippen molar-refractivity contribution in [3.63, 3.8) is 0 Å². The molecule has 0 saturated carbocycles. The normalized spacial score (nSPS) is 10.7. The summed E-state index contributed by atoms with van der Waals surface area (Å²) in [4.78, 5) is 0. The quantitative estimate of drug-likeness (QED) is 0.746. The number of rotatable bonds is 3. The summed E-state index contributed by atoms with van der Waals surface area (Å²) in [5.41, 5.74) is 1.82. The van der Waals surface area contributed by atoms with Crippen LogP contribution in [0.15, 0.2) is 21.2 Å². The van der Waals surface area contributed by atoms with E-state index in [-0.39, 0.29) is 0 Å². The van der Waals surface area contributed by atoms with Crippen LogP contribution in [-0.4, -0.2) is 10.3 Å². The molecule has 2 heterocycles. The van der Waals surface area contributed by atoms with Gasteiger partial charge in [0.25, 0.3) is 0 Å². The summed E-state index contributed by atoms with van der Waals surface area (Å²) in [6, 6.07) is 3.87. The van der Waals surface area contributed by atoms with Crippen LogP contribution < -0.4 is 0 Å². The van der Waals surface area contributed by atoms with E-state index in [2.05, 4.69) is 10.3 Å². The van der Waals surface area contributed by atoms with E-state index in [1.54, 1.807) is 0 Å². The van der Waals surface area contributed by atoms with Crippen LogP contribution in [0.4, 0.5) is 0 Å². The van der Waals surface area contributed by atoms with Gasteiger partial charge in [0.2, 0.25) is 0 Å². The van der Waals surface area contributed by atoms with Crippen LogP contribution in [-0.2, 0) is 12.8 Å². The summed E-state index contributed by atoms with van der Waals surface area (Å²) in [5.74, 6) is 1.77. The Kier molecular flexibility index (Phi) is 2.35. The van der Waals surface area contributed by atoms with Crippen LogP contribution in [0.2, 0.25) is 0 Å². The van der Waals surface area contributed by atoms with Crippen molar-refractivity contribution >= 4 is 0 Å². The van der Waals surface area contributed by atoms with E-state index >= 15 is 0 Å². The molecule has 0 bridgehead atoms. The lowest BCUT2D eigenvalue weighted by Crippen LogP contribution is -1.86. The first kappa shape index (κ1) is 8.99. The van der Waals surface area contributed by atoms with Crippen molar-refractivity contribution < 1.29 is 9.05 Å². The van der Waals surface area contributed by atoms with Gasteiger partial charge in [-0.25, -0.2) is 0 Å². The highest BCUT2D eigenvalue weighted by Crippen LogP contribution is 2.09. The smallest absolute Gasteiger partial charge is 0.137 e. The zero-order chi connectivity index (χ0) is 9.97. The third-order valence-corrected chi connectivity index (χ3v) is 1.97. The molecule has 74 valence electrons. The van der Waals surface area contributed by atoms with Gasteiger partial charge in [-0.15, -0.1) is 0 Å². The lowest BCUT2D eigenvalue weighted by atomic mass is 10.2. The highest BCUT2D eigenvalue weighted by atomic mass is 16.5. The molecular formula is C10H12N2O2. The Morgan fingerprint density at radius 2 is 1.36 bits per heavy atom. The SMILES string of the molecule is Cc1cc(CCc2cc(C)no2)on1. The topological polar surface area (TPSA) is 52.1 Å². The summed E-state index contributed by atoms with van der Waals surface area (Å²) >= 11 is 0. The molecule has 0 atom stereocenters. The van der Waals surface area contributed by atoms with Crippen molar-refractivity contribution in [1.29, 1.82) is 0 Å². The Balaban J connectivity index is 1.94. The molecular weight excluding hydrogens is 180 g/mol. The molecule has 2 rings (SSSR count). The molecule has 0 aromatic carbocycles. The minimum absolute atomic E-state index is 0.801.